The summed E-state index contributed by atoms with van der Waals surface area (Å²) in [5.74, 6) is 1.65. The molecule has 0 aliphatic heterocycles. The first-order valence-electron chi connectivity index (χ1n) is 6.75. The van der Waals surface area contributed by atoms with Crippen molar-refractivity contribution in [3.63, 3.8) is 0 Å². The van der Waals surface area contributed by atoms with Crippen molar-refractivity contribution in [2.24, 2.45) is 0 Å². The number of carbonyl (C=O) groups excluding carboxylic acids is 1. The molecule has 1 fully saturated rings. The van der Waals surface area contributed by atoms with E-state index >= 15 is 0 Å². The Morgan fingerprint density at radius 3 is 2.53 bits per heavy atom. The molecule has 1 saturated carbocycles. The minimum absolute atomic E-state index is 0.0215. The molecule has 1 unspecified atom stereocenters. The molecule has 1 atom stereocenters. The van der Waals surface area contributed by atoms with E-state index in [0.717, 1.165) is 32.1 Å². The average molecular weight is 266 g/mol. The van der Waals surface area contributed by atoms with Gasteiger partial charge in [-0.05, 0) is 19.3 Å². The molecule has 2 amide bonds. The van der Waals surface area contributed by atoms with Gasteiger partial charge in [0.15, 0.2) is 0 Å². The molecule has 0 aromatic heterocycles. The van der Waals surface area contributed by atoms with Crippen molar-refractivity contribution in [2.75, 3.05) is 0 Å². The van der Waals surface area contributed by atoms with Gasteiger partial charge in [0, 0.05) is 12.5 Å². The molecule has 106 valence electrons. The first-order chi connectivity index (χ1) is 9.01. The lowest BCUT2D eigenvalue weighted by molar-refractivity contribution is -0.138. The molecule has 5 heteroatoms. The van der Waals surface area contributed by atoms with Gasteiger partial charge in [0.05, 0.1) is 12.0 Å². The fraction of sp³-hybridized carbons (Fsp3) is 0.714. The molecule has 1 aliphatic rings. The van der Waals surface area contributed by atoms with Gasteiger partial charge in [0.25, 0.3) is 0 Å². The van der Waals surface area contributed by atoms with Gasteiger partial charge < -0.3 is 15.7 Å². The van der Waals surface area contributed by atoms with Crippen LogP contribution in [0.2, 0.25) is 0 Å². The van der Waals surface area contributed by atoms with E-state index in [2.05, 4.69) is 16.6 Å². The monoisotopic (exact) mass is 266 g/mol. The van der Waals surface area contributed by atoms with E-state index < -0.39 is 11.5 Å². The number of amides is 2. The Balaban J connectivity index is 2.57. The minimum Gasteiger partial charge on any atom is -0.481 e. The zero-order chi connectivity index (χ0) is 14.3. The van der Waals surface area contributed by atoms with Gasteiger partial charge in [-0.2, -0.15) is 0 Å². The van der Waals surface area contributed by atoms with Crippen molar-refractivity contribution in [3.8, 4) is 12.3 Å². The molecule has 1 aliphatic carbocycles. The first kappa shape index (κ1) is 15.4. The minimum atomic E-state index is -0.877. The quantitative estimate of drug-likeness (QED) is 0.642. The van der Waals surface area contributed by atoms with Crippen molar-refractivity contribution in [2.45, 2.75) is 63.5 Å². The summed E-state index contributed by atoms with van der Waals surface area (Å²) in [6.45, 7) is 1.95. The van der Waals surface area contributed by atoms with Gasteiger partial charge in [0.1, 0.15) is 0 Å². The number of rotatable bonds is 6. The van der Waals surface area contributed by atoms with Gasteiger partial charge in [-0.3, -0.25) is 4.79 Å². The Hall–Kier alpha value is -1.70. The highest BCUT2D eigenvalue weighted by atomic mass is 16.4. The Bertz CT molecular complexity index is 367. The van der Waals surface area contributed by atoms with Crippen molar-refractivity contribution in [3.05, 3.63) is 0 Å². The molecule has 0 bridgehead atoms. The molecule has 0 saturated heterocycles. The third kappa shape index (κ3) is 4.82. The van der Waals surface area contributed by atoms with Gasteiger partial charge >= 0.3 is 12.0 Å². The molecular formula is C14H22N2O3. The fourth-order valence-electron chi connectivity index (χ4n) is 2.59. The highest BCUT2D eigenvalue weighted by Crippen LogP contribution is 2.32. The first-order valence-corrected chi connectivity index (χ1v) is 6.75. The Kier molecular flexibility index (Phi) is 5.68. The Labute approximate surface area is 114 Å². The van der Waals surface area contributed by atoms with Crippen molar-refractivity contribution >= 4 is 12.0 Å². The van der Waals surface area contributed by atoms with E-state index in [-0.39, 0.29) is 18.5 Å². The predicted octanol–water partition coefficient (Wildman–Crippen LogP) is 1.87. The highest BCUT2D eigenvalue weighted by Gasteiger charge is 2.37. The SMILES string of the molecule is C#CCC(CC)NC(=O)NC1(CC(=O)O)CCCC1. The molecule has 0 aromatic rings. The van der Waals surface area contributed by atoms with Crippen molar-refractivity contribution in [1.82, 2.24) is 10.6 Å². The number of carboxylic acids is 1. The lowest BCUT2D eigenvalue weighted by Crippen LogP contribution is -2.53. The number of hydrogen-bond donors (Lipinski definition) is 3. The smallest absolute Gasteiger partial charge is 0.315 e. The van der Waals surface area contributed by atoms with Crippen LogP contribution in [0.1, 0.15) is 51.9 Å². The van der Waals surface area contributed by atoms with Gasteiger partial charge in [-0.25, -0.2) is 4.79 Å². The Morgan fingerprint density at radius 2 is 2.05 bits per heavy atom. The second kappa shape index (κ2) is 7.03. The summed E-state index contributed by atoms with van der Waals surface area (Å²) in [7, 11) is 0. The summed E-state index contributed by atoms with van der Waals surface area (Å²) in [5.41, 5.74) is -0.593. The second-order valence-electron chi connectivity index (χ2n) is 5.17. The van der Waals surface area contributed by atoms with Gasteiger partial charge in [0.2, 0.25) is 0 Å². The molecule has 19 heavy (non-hydrogen) atoms. The van der Waals surface area contributed by atoms with Crippen molar-refractivity contribution in [1.29, 1.82) is 0 Å². The van der Waals surface area contributed by atoms with Crippen LogP contribution in [-0.4, -0.2) is 28.7 Å². The summed E-state index contributed by atoms with van der Waals surface area (Å²) in [5, 5.41) is 14.6. The maximum Gasteiger partial charge on any atom is 0.315 e. The van der Waals surface area contributed by atoms with Crippen molar-refractivity contribution < 1.29 is 14.7 Å². The molecule has 0 aromatic carbocycles. The van der Waals surface area contributed by atoms with Crippen LogP contribution in [0, 0.1) is 12.3 Å². The maximum atomic E-state index is 11.9. The Morgan fingerprint density at radius 1 is 1.42 bits per heavy atom. The predicted molar refractivity (Wildman–Crippen MR) is 72.6 cm³/mol. The van der Waals surface area contributed by atoms with Crippen LogP contribution >= 0.6 is 0 Å². The molecule has 1 rings (SSSR count). The van der Waals surface area contributed by atoms with Crippen LogP contribution in [0.25, 0.3) is 0 Å². The second-order valence-corrected chi connectivity index (χ2v) is 5.17. The summed E-state index contributed by atoms with van der Waals surface area (Å²) in [6, 6.07) is -0.376. The molecule has 0 spiro atoms. The fourth-order valence-corrected chi connectivity index (χ4v) is 2.59. The zero-order valence-corrected chi connectivity index (χ0v) is 11.4. The maximum absolute atomic E-state index is 11.9. The molecule has 0 heterocycles. The van der Waals surface area contributed by atoms with E-state index in [9.17, 15) is 9.59 Å². The number of terminal acetylenes is 1. The summed E-state index contributed by atoms with van der Waals surface area (Å²) in [4.78, 5) is 22.9. The number of carbonyl (C=O) groups is 2. The number of aliphatic carboxylic acids is 1. The summed E-state index contributed by atoms with van der Waals surface area (Å²) >= 11 is 0. The van der Waals surface area contributed by atoms with Crippen LogP contribution in [0.3, 0.4) is 0 Å². The molecule has 3 N–H and O–H groups in total. The standard InChI is InChI=1S/C14H22N2O3/c1-3-7-11(4-2)15-13(19)16-14(10-12(17)18)8-5-6-9-14/h1,11H,4-10H2,2H3,(H,17,18)(H2,15,16,19). The average Bonchev–Trinajstić information content (AvgIpc) is 2.75. The third-order valence-corrected chi connectivity index (χ3v) is 3.62. The van der Waals surface area contributed by atoms with E-state index in [1.807, 2.05) is 6.92 Å². The van der Waals surface area contributed by atoms with E-state index in [1.54, 1.807) is 0 Å². The zero-order valence-electron chi connectivity index (χ0n) is 11.4. The third-order valence-electron chi connectivity index (χ3n) is 3.62. The lowest BCUT2D eigenvalue weighted by atomic mass is 9.93. The van der Waals surface area contributed by atoms with E-state index in [1.165, 1.54) is 0 Å². The number of urea groups is 1. The van der Waals surface area contributed by atoms with Crippen LogP contribution < -0.4 is 10.6 Å². The molecule has 0 radical (unpaired) electrons. The van der Waals surface area contributed by atoms with Gasteiger partial charge in [-0.1, -0.05) is 19.8 Å². The van der Waals surface area contributed by atoms with E-state index in [0.29, 0.717) is 6.42 Å². The lowest BCUT2D eigenvalue weighted by Gasteiger charge is -2.29. The van der Waals surface area contributed by atoms with Crippen LogP contribution in [-0.2, 0) is 4.79 Å². The largest absolute Gasteiger partial charge is 0.481 e. The summed E-state index contributed by atoms with van der Waals surface area (Å²) < 4.78 is 0. The van der Waals surface area contributed by atoms with Crippen LogP contribution in [0.5, 0.6) is 0 Å². The van der Waals surface area contributed by atoms with E-state index in [4.69, 9.17) is 11.5 Å². The molecule has 5 nitrogen and oxygen atoms in total. The normalized spacial score (nSPS) is 18.3. The number of carboxylic acid groups (broad SMARTS) is 1. The highest BCUT2D eigenvalue weighted by molar-refractivity contribution is 5.77. The summed E-state index contributed by atoms with van der Waals surface area (Å²) in [6.07, 6.45) is 9.80. The van der Waals surface area contributed by atoms with Crippen LogP contribution in [0.4, 0.5) is 4.79 Å². The van der Waals surface area contributed by atoms with Gasteiger partial charge in [-0.15, -0.1) is 12.3 Å². The molecular weight excluding hydrogens is 244 g/mol. The van der Waals surface area contributed by atoms with Crippen LogP contribution in [0.15, 0.2) is 0 Å². The topological polar surface area (TPSA) is 78.4 Å². The number of nitrogens with one attached hydrogen (secondary N) is 2. The number of hydrogen-bond acceptors (Lipinski definition) is 2.